The van der Waals surface area contributed by atoms with Gasteiger partial charge in [0.1, 0.15) is 0 Å². The Kier molecular flexibility index (Phi) is 2.02. The Bertz CT molecular complexity index is 176. The molecule has 0 aliphatic rings. The molecule has 0 amide bonds. The highest BCUT2D eigenvalue weighted by Gasteiger charge is 2.36. The third kappa shape index (κ3) is 7.63. The van der Waals surface area contributed by atoms with Crippen molar-refractivity contribution < 1.29 is 29.7 Å². The van der Waals surface area contributed by atoms with Crippen LogP contribution in [-0.4, -0.2) is 14.8 Å². The third-order valence-corrected chi connectivity index (χ3v) is 0.582. The van der Waals surface area contributed by atoms with E-state index < -0.39 is 16.9 Å². The van der Waals surface area contributed by atoms with Crippen LogP contribution in [0.4, 0.5) is 17.1 Å². The van der Waals surface area contributed by atoms with Gasteiger partial charge in [0.2, 0.25) is 0 Å². The molecule has 9 heavy (non-hydrogen) atoms. The van der Waals surface area contributed by atoms with Crippen LogP contribution in [0.3, 0.4) is 0 Å². The second-order valence-electron chi connectivity index (χ2n) is 0.922. The molecular weight excluding hydrogens is 168 g/mol. The largest absolute Gasteiger partial charge is 0.539 e. The summed E-state index contributed by atoms with van der Waals surface area (Å²) in [6.07, 6.45) is -5.48. The predicted octanol–water partition coefficient (Wildman–Crippen LogP) is 0.737. The van der Waals surface area contributed by atoms with Gasteiger partial charge in [-0.25, -0.2) is 0 Å². The molecule has 0 heterocycles. The van der Waals surface area contributed by atoms with Crippen molar-refractivity contribution in [1.82, 2.24) is 0 Å². The first kappa shape index (κ1) is 8.63. The summed E-state index contributed by atoms with van der Waals surface area (Å²) in [5, 5.41) is 0. The van der Waals surface area contributed by atoms with Crippen molar-refractivity contribution in [3.05, 3.63) is 0 Å². The second-order valence-corrected chi connectivity index (χ2v) is 1.88. The van der Waals surface area contributed by atoms with E-state index in [0.29, 0.717) is 0 Å². The summed E-state index contributed by atoms with van der Waals surface area (Å²) in [5.74, 6) is 0. The molecule has 0 aliphatic carbocycles. The molecule has 0 saturated heterocycles. The van der Waals surface area contributed by atoms with Gasteiger partial charge in [0.25, 0.3) is 0 Å². The fourth-order valence-electron chi connectivity index (χ4n) is 0.113. The van der Waals surface area contributed by atoms with Gasteiger partial charge < -0.3 is 0 Å². The van der Waals surface area contributed by atoms with E-state index >= 15 is 0 Å². The molecule has 0 spiro atoms. The first-order chi connectivity index (χ1) is 3.71. The van der Waals surface area contributed by atoms with E-state index in [-0.39, 0.29) is 0 Å². The minimum absolute atomic E-state index is 1.93. The topological polar surface area (TPSA) is 43.4 Å². The molecule has 0 aromatic carbocycles. The van der Waals surface area contributed by atoms with E-state index in [2.05, 4.69) is 0 Å². The summed E-state index contributed by atoms with van der Waals surface area (Å²) in [4.78, 5) is 0. The van der Waals surface area contributed by atoms with Gasteiger partial charge in [-0.3, -0.25) is 0 Å². The quantitative estimate of drug-likeness (QED) is 0.428. The lowest BCUT2D eigenvalue weighted by Gasteiger charge is -1.99. The van der Waals surface area contributed by atoms with Gasteiger partial charge in [0.15, 0.2) is 0 Å². The molecule has 3 nitrogen and oxygen atoms in total. The maximum absolute atomic E-state index is 10.9. The normalized spacial score (nSPS) is 13.8. The first-order valence-electron chi connectivity index (χ1n) is 1.43. The molecule has 0 unspecified atom stereocenters. The van der Waals surface area contributed by atoms with Crippen LogP contribution in [0, 0.1) is 0 Å². The molecule has 0 bridgehead atoms. The van der Waals surface area contributed by atoms with Gasteiger partial charge >= 0.3 is 16.9 Å². The SMILES string of the molecule is O=S(=O)(F)OC(F)(F)F. The van der Waals surface area contributed by atoms with Crippen LogP contribution in [0.5, 0.6) is 0 Å². The number of halogens is 4. The first-order valence-corrected chi connectivity index (χ1v) is 2.73. The summed E-state index contributed by atoms with van der Waals surface area (Å²) < 4.78 is 63.1. The minimum atomic E-state index is -5.91. The highest BCUT2D eigenvalue weighted by molar-refractivity contribution is 7.81. The Morgan fingerprint density at radius 2 is 1.56 bits per heavy atom. The summed E-state index contributed by atoms with van der Waals surface area (Å²) in [5.41, 5.74) is 0. The van der Waals surface area contributed by atoms with Crippen molar-refractivity contribution in [3.8, 4) is 0 Å². The average molecular weight is 168 g/mol. The zero-order chi connectivity index (χ0) is 7.71. The van der Waals surface area contributed by atoms with Gasteiger partial charge in [-0.15, -0.1) is 17.4 Å². The van der Waals surface area contributed by atoms with Crippen LogP contribution in [0.25, 0.3) is 0 Å². The molecular formula is CF4O3S. The Hall–Kier alpha value is -0.370. The Balaban J connectivity index is 4.07. The van der Waals surface area contributed by atoms with Gasteiger partial charge in [0.05, 0.1) is 0 Å². The lowest BCUT2D eigenvalue weighted by molar-refractivity contribution is -0.273. The summed E-state index contributed by atoms with van der Waals surface area (Å²) in [6.45, 7) is 0. The molecule has 0 rings (SSSR count). The summed E-state index contributed by atoms with van der Waals surface area (Å²) in [7, 11) is -5.91. The van der Waals surface area contributed by atoms with E-state index in [0.717, 1.165) is 0 Å². The number of rotatable bonds is 1. The van der Waals surface area contributed by atoms with Gasteiger partial charge in [-0.2, -0.15) is 8.42 Å². The molecule has 0 atom stereocenters. The van der Waals surface area contributed by atoms with Crippen molar-refractivity contribution in [1.29, 1.82) is 0 Å². The standard InChI is InChI=1S/CF4O3S/c2-1(3,4)8-9(5,6)7. The molecule has 0 radical (unpaired) electrons. The number of alkyl halides is 3. The molecule has 0 aromatic rings. The van der Waals surface area contributed by atoms with Crippen LogP contribution < -0.4 is 0 Å². The van der Waals surface area contributed by atoms with Gasteiger partial charge in [-0.05, 0) is 0 Å². The highest BCUT2D eigenvalue weighted by atomic mass is 32.3. The maximum Gasteiger partial charge on any atom is 0.539 e. The number of hydrogen-bond acceptors (Lipinski definition) is 3. The zero-order valence-electron chi connectivity index (χ0n) is 3.64. The van der Waals surface area contributed by atoms with Crippen molar-refractivity contribution >= 4 is 10.5 Å². The fraction of sp³-hybridized carbons (Fsp3) is 1.00. The zero-order valence-corrected chi connectivity index (χ0v) is 4.46. The van der Waals surface area contributed by atoms with Crippen molar-refractivity contribution in [2.75, 3.05) is 0 Å². The van der Waals surface area contributed by atoms with Crippen LogP contribution in [0.2, 0.25) is 0 Å². The molecule has 8 heteroatoms. The number of hydrogen-bond donors (Lipinski definition) is 0. The van der Waals surface area contributed by atoms with Crippen LogP contribution >= 0.6 is 0 Å². The summed E-state index contributed by atoms with van der Waals surface area (Å²) >= 11 is 0. The molecule has 0 aliphatic heterocycles. The van der Waals surface area contributed by atoms with E-state index in [1.807, 2.05) is 4.18 Å². The van der Waals surface area contributed by atoms with Gasteiger partial charge in [-0.1, -0.05) is 3.89 Å². The van der Waals surface area contributed by atoms with E-state index in [1.165, 1.54) is 0 Å². The Morgan fingerprint density at radius 1 is 1.22 bits per heavy atom. The summed E-state index contributed by atoms with van der Waals surface area (Å²) in [6, 6.07) is 0. The lowest BCUT2D eigenvalue weighted by atomic mass is 11.4. The van der Waals surface area contributed by atoms with Gasteiger partial charge in [0, 0.05) is 0 Å². The molecule has 0 saturated carbocycles. The maximum atomic E-state index is 10.9. The van der Waals surface area contributed by atoms with E-state index in [4.69, 9.17) is 8.42 Å². The molecule has 0 aromatic heterocycles. The fourth-order valence-corrected chi connectivity index (χ4v) is 0.339. The Labute approximate surface area is 47.6 Å². The van der Waals surface area contributed by atoms with Crippen LogP contribution in [0.1, 0.15) is 0 Å². The lowest BCUT2D eigenvalue weighted by Crippen LogP contribution is -2.16. The molecule has 0 fully saturated rings. The monoisotopic (exact) mass is 168 g/mol. The van der Waals surface area contributed by atoms with Crippen molar-refractivity contribution in [2.24, 2.45) is 0 Å². The minimum Gasteiger partial charge on any atom is -0.164 e. The van der Waals surface area contributed by atoms with E-state index in [9.17, 15) is 17.1 Å². The van der Waals surface area contributed by atoms with E-state index in [1.54, 1.807) is 0 Å². The predicted molar refractivity (Wildman–Crippen MR) is 17.2 cm³/mol. The van der Waals surface area contributed by atoms with Crippen LogP contribution in [-0.2, 0) is 14.7 Å². The average Bonchev–Trinajstić information content (AvgIpc) is 1.14. The third-order valence-electron chi connectivity index (χ3n) is 0.194. The smallest absolute Gasteiger partial charge is 0.164 e. The van der Waals surface area contributed by atoms with Crippen molar-refractivity contribution in [2.45, 2.75) is 6.36 Å². The van der Waals surface area contributed by atoms with Crippen LogP contribution in [0.15, 0.2) is 0 Å². The molecule has 0 N–H and O–H groups in total. The Morgan fingerprint density at radius 3 is 1.56 bits per heavy atom. The second kappa shape index (κ2) is 2.10. The highest BCUT2D eigenvalue weighted by Crippen LogP contribution is 2.19. The molecule has 56 valence electrons. The van der Waals surface area contributed by atoms with Crippen molar-refractivity contribution in [3.63, 3.8) is 0 Å².